The number of thioether (sulfide) groups is 1. The summed E-state index contributed by atoms with van der Waals surface area (Å²) in [7, 11) is 1.26. The number of anilines is 1. The molecule has 10 heteroatoms. The van der Waals surface area contributed by atoms with E-state index in [0.29, 0.717) is 11.3 Å². The fraction of sp³-hybridized carbons (Fsp3) is 0.111. The minimum atomic E-state index is -0.551. The van der Waals surface area contributed by atoms with E-state index in [4.69, 9.17) is 10.6 Å². The molecule has 3 N–H and O–H groups in total. The maximum absolute atomic E-state index is 13.4. The van der Waals surface area contributed by atoms with E-state index in [1.807, 2.05) is 0 Å². The number of carbonyl (C=O) groups excluding carboxylic acids is 2. The van der Waals surface area contributed by atoms with E-state index < -0.39 is 11.8 Å². The van der Waals surface area contributed by atoms with Crippen LogP contribution >= 0.6 is 11.8 Å². The summed E-state index contributed by atoms with van der Waals surface area (Å²) in [4.78, 5) is 24.0. The van der Waals surface area contributed by atoms with E-state index in [-0.39, 0.29) is 28.2 Å². The van der Waals surface area contributed by atoms with Gasteiger partial charge in [-0.3, -0.25) is 4.79 Å². The van der Waals surface area contributed by atoms with Gasteiger partial charge in [0.1, 0.15) is 5.82 Å². The SMILES string of the molecule is COC(=O)c1ccccc1NC(=O)CSc1nnc(-c2cccc(F)c2)n1N. The van der Waals surface area contributed by atoms with Gasteiger partial charge < -0.3 is 15.9 Å². The van der Waals surface area contributed by atoms with Gasteiger partial charge in [-0.2, -0.15) is 0 Å². The van der Waals surface area contributed by atoms with Crippen molar-refractivity contribution in [1.29, 1.82) is 0 Å². The average molecular weight is 401 g/mol. The van der Waals surface area contributed by atoms with Crippen LogP contribution < -0.4 is 11.2 Å². The van der Waals surface area contributed by atoms with E-state index in [1.165, 1.54) is 23.9 Å². The molecule has 0 radical (unpaired) electrons. The second-order valence-electron chi connectivity index (χ2n) is 5.56. The fourth-order valence-corrected chi connectivity index (χ4v) is 3.05. The van der Waals surface area contributed by atoms with Gasteiger partial charge >= 0.3 is 5.97 Å². The Morgan fingerprint density at radius 3 is 2.75 bits per heavy atom. The van der Waals surface area contributed by atoms with Crippen LogP contribution in [0.25, 0.3) is 11.4 Å². The summed E-state index contributed by atoms with van der Waals surface area (Å²) in [5.41, 5.74) is 1.06. The van der Waals surface area contributed by atoms with Gasteiger partial charge in [0.2, 0.25) is 11.1 Å². The van der Waals surface area contributed by atoms with Gasteiger partial charge in [-0.05, 0) is 24.3 Å². The molecular weight excluding hydrogens is 385 g/mol. The van der Waals surface area contributed by atoms with Crippen LogP contribution in [0.15, 0.2) is 53.7 Å². The molecule has 0 unspecified atom stereocenters. The first-order chi connectivity index (χ1) is 13.5. The largest absolute Gasteiger partial charge is 0.465 e. The van der Waals surface area contributed by atoms with Crippen LogP contribution in [0.4, 0.5) is 10.1 Å². The van der Waals surface area contributed by atoms with E-state index in [2.05, 4.69) is 15.5 Å². The lowest BCUT2D eigenvalue weighted by Gasteiger charge is -2.09. The molecular formula is C18H16FN5O3S. The minimum Gasteiger partial charge on any atom is -0.465 e. The smallest absolute Gasteiger partial charge is 0.339 e. The Balaban J connectivity index is 1.67. The third-order valence-electron chi connectivity index (χ3n) is 3.69. The average Bonchev–Trinajstić information content (AvgIpc) is 3.06. The highest BCUT2D eigenvalue weighted by atomic mass is 32.2. The number of nitrogens with two attached hydrogens (primary N) is 1. The molecule has 0 aliphatic rings. The summed E-state index contributed by atoms with van der Waals surface area (Å²) in [5, 5.41) is 10.8. The van der Waals surface area contributed by atoms with Crippen molar-refractivity contribution in [2.24, 2.45) is 0 Å². The second-order valence-corrected chi connectivity index (χ2v) is 6.50. The molecule has 28 heavy (non-hydrogen) atoms. The Bertz CT molecular complexity index is 1020. The third-order valence-corrected chi connectivity index (χ3v) is 4.63. The predicted molar refractivity (Wildman–Crippen MR) is 103 cm³/mol. The molecule has 0 fully saturated rings. The Morgan fingerprint density at radius 2 is 2.00 bits per heavy atom. The Labute approximate surface area is 163 Å². The number of ether oxygens (including phenoxy) is 1. The summed E-state index contributed by atoms with van der Waals surface area (Å²) >= 11 is 1.06. The second kappa shape index (κ2) is 8.53. The number of nitrogen functional groups attached to an aromatic ring is 1. The molecule has 0 saturated heterocycles. The quantitative estimate of drug-likeness (QED) is 0.370. The van der Waals surface area contributed by atoms with E-state index >= 15 is 0 Å². The maximum Gasteiger partial charge on any atom is 0.339 e. The van der Waals surface area contributed by atoms with Crippen molar-refractivity contribution in [1.82, 2.24) is 14.9 Å². The van der Waals surface area contributed by atoms with Gasteiger partial charge in [-0.25, -0.2) is 13.9 Å². The summed E-state index contributed by atoms with van der Waals surface area (Å²) in [6.07, 6.45) is 0. The van der Waals surface area contributed by atoms with Crippen molar-refractivity contribution >= 4 is 29.3 Å². The van der Waals surface area contributed by atoms with Crippen LogP contribution in [0.2, 0.25) is 0 Å². The number of methoxy groups -OCH3 is 1. The van der Waals surface area contributed by atoms with Crippen LogP contribution in [-0.2, 0) is 9.53 Å². The summed E-state index contributed by atoms with van der Waals surface area (Å²) in [6.45, 7) is 0. The van der Waals surface area contributed by atoms with Crippen LogP contribution in [0.3, 0.4) is 0 Å². The molecule has 3 rings (SSSR count). The lowest BCUT2D eigenvalue weighted by atomic mass is 10.2. The molecule has 1 amide bonds. The summed E-state index contributed by atoms with van der Waals surface area (Å²) < 4.78 is 19.3. The molecule has 2 aromatic carbocycles. The van der Waals surface area contributed by atoms with E-state index in [1.54, 1.807) is 36.4 Å². The van der Waals surface area contributed by atoms with Gasteiger partial charge in [0.25, 0.3) is 0 Å². The van der Waals surface area contributed by atoms with E-state index in [9.17, 15) is 14.0 Å². The number of esters is 1. The third kappa shape index (κ3) is 4.29. The fourth-order valence-electron chi connectivity index (χ4n) is 2.40. The van der Waals surface area contributed by atoms with Gasteiger partial charge in [0, 0.05) is 5.56 Å². The zero-order valence-electron chi connectivity index (χ0n) is 14.8. The predicted octanol–water partition coefficient (Wildman–Crippen LogP) is 2.32. The van der Waals surface area contributed by atoms with Crippen molar-refractivity contribution in [3.8, 4) is 11.4 Å². The van der Waals surface area contributed by atoms with Crippen molar-refractivity contribution in [2.75, 3.05) is 24.0 Å². The lowest BCUT2D eigenvalue weighted by molar-refractivity contribution is -0.113. The van der Waals surface area contributed by atoms with Crippen molar-refractivity contribution < 1.29 is 18.7 Å². The molecule has 3 aromatic rings. The number of hydrogen-bond acceptors (Lipinski definition) is 7. The first kappa shape index (κ1) is 19.4. The Kier molecular flexibility index (Phi) is 5.90. The Morgan fingerprint density at radius 1 is 1.21 bits per heavy atom. The molecule has 0 spiro atoms. The van der Waals surface area contributed by atoms with Crippen LogP contribution in [-0.4, -0.2) is 39.6 Å². The molecule has 0 atom stereocenters. The molecule has 1 heterocycles. The van der Waals surface area contributed by atoms with E-state index in [0.717, 1.165) is 11.8 Å². The topological polar surface area (TPSA) is 112 Å². The maximum atomic E-state index is 13.4. The van der Waals surface area contributed by atoms with Crippen molar-refractivity contribution in [3.63, 3.8) is 0 Å². The number of benzene rings is 2. The molecule has 0 aliphatic carbocycles. The highest BCUT2D eigenvalue weighted by Gasteiger charge is 2.16. The molecule has 0 bridgehead atoms. The number of para-hydroxylation sites is 1. The summed E-state index contributed by atoms with van der Waals surface area (Å²) in [5.74, 6) is 4.88. The monoisotopic (exact) mass is 401 g/mol. The van der Waals surface area contributed by atoms with Gasteiger partial charge in [-0.1, -0.05) is 36.0 Å². The van der Waals surface area contributed by atoms with Crippen LogP contribution in [0.5, 0.6) is 0 Å². The van der Waals surface area contributed by atoms with Gasteiger partial charge in [0.15, 0.2) is 5.82 Å². The number of halogens is 1. The highest BCUT2D eigenvalue weighted by Crippen LogP contribution is 2.23. The number of carbonyl (C=O) groups is 2. The number of hydrogen-bond donors (Lipinski definition) is 2. The molecule has 0 aliphatic heterocycles. The molecule has 0 saturated carbocycles. The van der Waals surface area contributed by atoms with Crippen molar-refractivity contribution in [2.45, 2.75) is 5.16 Å². The number of aromatic nitrogens is 3. The molecule has 1 aromatic heterocycles. The zero-order valence-corrected chi connectivity index (χ0v) is 15.6. The molecule has 144 valence electrons. The first-order valence-corrected chi connectivity index (χ1v) is 9.04. The van der Waals surface area contributed by atoms with Crippen LogP contribution in [0, 0.1) is 5.82 Å². The normalized spacial score (nSPS) is 10.5. The lowest BCUT2D eigenvalue weighted by Crippen LogP contribution is -2.18. The minimum absolute atomic E-state index is 0.0199. The standard InChI is InChI=1S/C18H16FN5O3S/c1-27-17(26)13-7-2-3-8-14(13)21-15(25)10-28-18-23-22-16(24(18)20)11-5-4-6-12(19)9-11/h2-9H,10,20H2,1H3,(H,21,25). The van der Waals surface area contributed by atoms with Gasteiger partial charge in [-0.15, -0.1) is 10.2 Å². The number of rotatable bonds is 6. The zero-order chi connectivity index (χ0) is 20.1. The van der Waals surface area contributed by atoms with Gasteiger partial charge in [0.05, 0.1) is 24.1 Å². The van der Waals surface area contributed by atoms with Crippen LogP contribution in [0.1, 0.15) is 10.4 Å². The number of nitrogens with zero attached hydrogens (tertiary/aromatic N) is 3. The highest BCUT2D eigenvalue weighted by molar-refractivity contribution is 7.99. The number of nitrogens with one attached hydrogen (secondary N) is 1. The summed E-state index contributed by atoms with van der Waals surface area (Å²) in [6, 6.07) is 12.3. The first-order valence-electron chi connectivity index (χ1n) is 8.06. The Hall–Kier alpha value is -3.40. The molecule has 8 nitrogen and oxygen atoms in total. The van der Waals surface area contributed by atoms with Crippen molar-refractivity contribution in [3.05, 3.63) is 59.9 Å². The number of amides is 1.